The van der Waals surface area contributed by atoms with Crippen molar-refractivity contribution >= 4 is 16.8 Å². The number of rotatable bonds is 3. The Morgan fingerprint density at radius 3 is 2.83 bits per heavy atom. The number of halogens is 3. The van der Waals surface area contributed by atoms with Gasteiger partial charge >= 0.3 is 6.18 Å². The standard InChI is InChI=1S/C11H9F3N2O2/c12-11(13,14)6-18-16-10(17)8-3-1-2-7-4-5-15-9(7)8/h1-5,15H,6H2,(H,16,17). The van der Waals surface area contributed by atoms with Crippen molar-refractivity contribution in [2.45, 2.75) is 6.18 Å². The molecule has 0 spiro atoms. The van der Waals surface area contributed by atoms with Crippen LogP contribution in [0.15, 0.2) is 30.5 Å². The first-order chi connectivity index (χ1) is 8.47. The van der Waals surface area contributed by atoms with Crippen LogP contribution in [0, 0.1) is 0 Å². The number of para-hydroxylation sites is 1. The van der Waals surface area contributed by atoms with E-state index < -0.39 is 18.7 Å². The Bertz CT molecular complexity index is 563. The van der Waals surface area contributed by atoms with E-state index in [1.54, 1.807) is 29.9 Å². The van der Waals surface area contributed by atoms with Crippen LogP contribution in [0.1, 0.15) is 10.4 Å². The molecule has 0 bridgehead atoms. The van der Waals surface area contributed by atoms with Crippen LogP contribution in [-0.2, 0) is 4.84 Å². The lowest BCUT2D eigenvalue weighted by atomic mass is 10.1. The van der Waals surface area contributed by atoms with Gasteiger partial charge in [0.25, 0.3) is 5.91 Å². The van der Waals surface area contributed by atoms with E-state index >= 15 is 0 Å². The number of fused-ring (bicyclic) bond motifs is 1. The van der Waals surface area contributed by atoms with Crippen LogP contribution in [0.3, 0.4) is 0 Å². The number of nitrogens with one attached hydrogen (secondary N) is 2. The van der Waals surface area contributed by atoms with Gasteiger partial charge in [-0.3, -0.25) is 9.63 Å². The van der Waals surface area contributed by atoms with Crippen LogP contribution in [0.2, 0.25) is 0 Å². The molecule has 0 aliphatic rings. The van der Waals surface area contributed by atoms with Crippen molar-refractivity contribution in [2.75, 3.05) is 6.61 Å². The van der Waals surface area contributed by atoms with E-state index in [4.69, 9.17) is 0 Å². The van der Waals surface area contributed by atoms with Gasteiger partial charge in [0.05, 0.1) is 11.1 Å². The molecule has 1 aromatic heterocycles. The van der Waals surface area contributed by atoms with Gasteiger partial charge < -0.3 is 4.98 Å². The largest absolute Gasteiger partial charge is 0.414 e. The van der Waals surface area contributed by atoms with Crippen molar-refractivity contribution in [3.8, 4) is 0 Å². The minimum Gasteiger partial charge on any atom is -0.361 e. The number of aromatic nitrogens is 1. The number of hydrogen-bond donors (Lipinski definition) is 2. The zero-order valence-electron chi connectivity index (χ0n) is 9.04. The zero-order valence-corrected chi connectivity index (χ0v) is 9.04. The van der Waals surface area contributed by atoms with E-state index in [1.807, 2.05) is 0 Å². The smallest absolute Gasteiger partial charge is 0.361 e. The van der Waals surface area contributed by atoms with Crippen molar-refractivity contribution < 1.29 is 22.8 Å². The SMILES string of the molecule is O=C(NOCC(F)(F)F)c1cccc2cc[nH]c12. The first kappa shape index (κ1) is 12.4. The molecule has 96 valence electrons. The second-order valence-corrected chi connectivity index (χ2v) is 3.58. The van der Waals surface area contributed by atoms with Crippen LogP contribution in [0.4, 0.5) is 13.2 Å². The average molecular weight is 258 g/mol. The van der Waals surface area contributed by atoms with E-state index in [0.717, 1.165) is 5.39 Å². The number of alkyl halides is 3. The summed E-state index contributed by atoms with van der Waals surface area (Å²) in [6.07, 6.45) is -2.84. The van der Waals surface area contributed by atoms with Gasteiger partial charge in [-0.2, -0.15) is 13.2 Å². The molecule has 2 rings (SSSR count). The molecule has 7 heteroatoms. The highest BCUT2D eigenvalue weighted by atomic mass is 19.4. The number of hydrogen-bond acceptors (Lipinski definition) is 2. The molecule has 0 saturated heterocycles. The van der Waals surface area contributed by atoms with Gasteiger partial charge in [-0.25, -0.2) is 5.48 Å². The number of aromatic amines is 1. The summed E-state index contributed by atoms with van der Waals surface area (Å²) in [5.41, 5.74) is 2.53. The van der Waals surface area contributed by atoms with Crippen molar-refractivity contribution in [3.05, 3.63) is 36.0 Å². The molecule has 0 aliphatic carbocycles. The molecule has 0 saturated carbocycles. The quantitative estimate of drug-likeness (QED) is 0.830. The summed E-state index contributed by atoms with van der Waals surface area (Å²) in [6.45, 7) is -1.53. The Morgan fingerprint density at radius 2 is 2.11 bits per heavy atom. The van der Waals surface area contributed by atoms with Crippen LogP contribution in [0.5, 0.6) is 0 Å². The van der Waals surface area contributed by atoms with Crippen LogP contribution < -0.4 is 5.48 Å². The summed E-state index contributed by atoms with van der Waals surface area (Å²) in [7, 11) is 0. The molecular weight excluding hydrogens is 249 g/mol. The Morgan fingerprint density at radius 1 is 1.33 bits per heavy atom. The summed E-state index contributed by atoms with van der Waals surface area (Å²) in [5, 5.41) is 0.790. The third-order valence-corrected chi connectivity index (χ3v) is 2.23. The molecular formula is C11H9F3N2O2. The summed E-state index contributed by atoms with van der Waals surface area (Å²) in [5.74, 6) is -0.729. The van der Waals surface area contributed by atoms with Crippen molar-refractivity contribution in [3.63, 3.8) is 0 Å². The normalized spacial score (nSPS) is 11.7. The van der Waals surface area contributed by atoms with Crippen molar-refractivity contribution in [1.29, 1.82) is 0 Å². The van der Waals surface area contributed by atoms with Gasteiger partial charge in [0.1, 0.15) is 0 Å². The lowest BCUT2D eigenvalue weighted by Gasteiger charge is -2.08. The molecule has 0 fully saturated rings. The summed E-state index contributed by atoms with van der Waals surface area (Å²) >= 11 is 0. The number of carbonyl (C=O) groups is 1. The Kier molecular flexibility index (Phi) is 3.24. The van der Waals surface area contributed by atoms with Gasteiger partial charge in [0, 0.05) is 11.6 Å². The Hall–Kier alpha value is -2.02. The molecule has 1 heterocycles. The van der Waals surface area contributed by atoms with Crippen molar-refractivity contribution in [2.24, 2.45) is 0 Å². The lowest BCUT2D eigenvalue weighted by molar-refractivity contribution is -0.184. The van der Waals surface area contributed by atoms with Crippen LogP contribution in [-0.4, -0.2) is 23.7 Å². The molecule has 0 unspecified atom stereocenters. The maximum absolute atomic E-state index is 11.8. The van der Waals surface area contributed by atoms with E-state index in [2.05, 4.69) is 9.82 Å². The first-order valence-corrected chi connectivity index (χ1v) is 5.02. The predicted molar refractivity (Wildman–Crippen MR) is 57.8 cm³/mol. The molecule has 0 aliphatic heterocycles. The monoisotopic (exact) mass is 258 g/mol. The second kappa shape index (κ2) is 4.69. The summed E-state index contributed by atoms with van der Waals surface area (Å²) < 4.78 is 35.5. The molecule has 18 heavy (non-hydrogen) atoms. The molecule has 4 nitrogen and oxygen atoms in total. The van der Waals surface area contributed by atoms with Gasteiger partial charge in [0.15, 0.2) is 6.61 Å². The van der Waals surface area contributed by atoms with Crippen LogP contribution in [0.25, 0.3) is 10.9 Å². The fourth-order valence-electron chi connectivity index (χ4n) is 1.51. The average Bonchev–Trinajstić information content (AvgIpc) is 2.74. The third-order valence-electron chi connectivity index (χ3n) is 2.23. The number of H-pyrrole nitrogens is 1. The van der Waals surface area contributed by atoms with E-state index in [0.29, 0.717) is 5.52 Å². The maximum atomic E-state index is 11.8. The van der Waals surface area contributed by atoms with Crippen molar-refractivity contribution in [1.82, 2.24) is 10.5 Å². The summed E-state index contributed by atoms with van der Waals surface area (Å²) in [4.78, 5) is 18.6. The zero-order chi connectivity index (χ0) is 13.2. The summed E-state index contributed by atoms with van der Waals surface area (Å²) in [6, 6.07) is 6.65. The highest BCUT2D eigenvalue weighted by Gasteiger charge is 2.28. The lowest BCUT2D eigenvalue weighted by Crippen LogP contribution is -2.29. The number of benzene rings is 1. The first-order valence-electron chi connectivity index (χ1n) is 5.02. The van der Waals surface area contributed by atoms with E-state index in [9.17, 15) is 18.0 Å². The highest BCUT2D eigenvalue weighted by molar-refractivity contribution is 6.05. The molecule has 2 N–H and O–H groups in total. The minimum absolute atomic E-state index is 0.222. The second-order valence-electron chi connectivity index (χ2n) is 3.58. The van der Waals surface area contributed by atoms with Gasteiger partial charge in [-0.15, -0.1) is 0 Å². The number of amides is 1. The fraction of sp³-hybridized carbons (Fsp3) is 0.182. The molecule has 0 radical (unpaired) electrons. The fourth-order valence-corrected chi connectivity index (χ4v) is 1.51. The highest BCUT2D eigenvalue weighted by Crippen LogP contribution is 2.17. The maximum Gasteiger partial charge on any atom is 0.414 e. The Labute approximate surface area is 99.7 Å². The third kappa shape index (κ3) is 2.80. The van der Waals surface area contributed by atoms with Crippen LogP contribution >= 0.6 is 0 Å². The molecule has 2 aromatic rings. The number of carbonyl (C=O) groups excluding carboxylic acids is 1. The van der Waals surface area contributed by atoms with E-state index in [-0.39, 0.29) is 5.56 Å². The Balaban J connectivity index is 2.07. The van der Waals surface area contributed by atoms with E-state index in [1.165, 1.54) is 6.07 Å². The van der Waals surface area contributed by atoms with Gasteiger partial charge in [0.2, 0.25) is 0 Å². The molecule has 1 aromatic carbocycles. The predicted octanol–water partition coefficient (Wildman–Crippen LogP) is 2.39. The topological polar surface area (TPSA) is 54.1 Å². The molecule has 0 atom stereocenters. The molecule has 1 amide bonds. The van der Waals surface area contributed by atoms with Gasteiger partial charge in [-0.1, -0.05) is 12.1 Å². The van der Waals surface area contributed by atoms with Gasteiger partial charge in [-0.05, 0) is 12.1 Å². The number of hydroxylamine groups is 1. The minimum atomic E-state index is -4.48.